The lowest BCUT2D eigenvalue weighted by atomic mass is 10.0. The summed E-state index contributed by atoms with van der Waals surface area (Å²) in [6.45, 7) is 2.99. The maximum atomic E-state index is 5.78. The smallest absolute Gasteiger partial charge is 0.122 e. The van der Waals surface area contributed by atoms with E-state index in [4.69, 9.17) is 4.74 Å². The number of rotatable bonds is 4. The number of aryl methyl sites for hydroxylation is 1. The normalized spacial score (nSPS) is 19.2. The minimum Gasteiger partial charge on any atom is -0.493 e. The molecule has 27 heavy (non-hydrogen) atoms. The molecule has 2 aliphatic rings. The number of ether oxygens (including phenoxy) is 1. The van der Waals surface area contributed by atoms with Crippen LogP contribution < -0.4 is 4.74 Å². The van der Waals surface area contributed by atoms with E-state index >= 15 is 0 Å². The van der Waals surface area contributed by atoms with Gasteiger partial charge in [-0.05, 0) is 47.7 Å². The maximum Gasteiger partial charge on any atom is 0.122 e. The third-order valence-electron chi connectivity index (χ3n) is 5.85. The first-order valence-corrected chi connectivity index (χ1v) is 9.84. The van der Waals surface area contributed by atoms with Gasteiger partial charge in [-0.25, -0.2) is 0 Å². The molecule has 1 saturated heterocycles. The first-order chi connectivity index (χ1) is 13.3. The summed E-state index contributed by atoms with van der Waals surface area (Å²) in [6, 6.07) is 16.3. The second kappa shape index (κ2) is 6.86. The van der Waals surface area contributed by atoms with Gasteiger partial charge in [-0.3, -0.25) is 9.58 Å². The molecule has 3 aromatic rings. The van der Waals surface area contributed by atoms with E-state index in [1.54, 1.807) is 0 Å². The number of hydrogen-bond acceptors (Lipinski definition) is 3. The highest BCUT2D eigenvalue weighted by molar-refractivity contribution is 5.61. The standard InChI is InChI=1S/C23H25N3O/c1-25-16-21(14-24-25)18-6-4-17(5-7-18)15-26-11-2-3-22(26)20-9-8-19-10-12-27-23(19)13-20/h4-9,13-14,16,22H,2-3,10-12,15H2,1H3/t22-/m1/s1. The molecule has 0 N–H and O–H groups in total. The van der Waals surface area contributed by atoms with Crippen LogP contribution in [0.5, 0.6) is 5.75 Å². The Morgan fingerprint density at radius 2 is 2.00 bits per heavy atom. The lowest BCUT2D eigenvalue weighted by molar-refractivity contribution is 0.248. The molecule has 0 bridgehead atoms. The largest absolute Gasteiger partial charge is 0.493 e. The summed E-state index contributed by atoms with van der Waals surface area (Å²) >= 11 is 0. The van der Waals surface area contributed by atoms with Gasteiger partial charge >= 0.3 is 0 Å². The lowest BCUT2D eigenvalue weighted by Crippen LogP contribution is -2.22. The maximum absolute atomic E-state index is 5.78. The number of fused-ring (bicyclic) bond motifs is 1. The zero-order valence-electron chi connectivity index (χ0n) is 15.8. The number of nitrogens with zero attached hydrogens (tertiary/aromatic N) is 3. The molecule has 2 aromatic carbocycles. The van der Waals surface area contributed by atoms with Crippen LogP contribution in [0.2, 0.25) is 0 Å². The Hall–Kier alpha value is -2.59. The summed E-state index contributed by atoms with van der Waals surface area (Å²) in [5, 5.41) is 4.27. The second-order valence-electron chi connectivity index (χ2n) is 7.69. The van der Waals surface area contributed by atoms with Crippen molar-refractivity contribution in [2.24, 2.45) is 7.05 Å². The third-order valence-corrected chi connectivity index (χ3v) is 5.85. The topological polar surface area (TPSA) is 30.3 Å². The van der Waals surface area contributed by atoms with E-state index in [-0.39, 0.29) is 0 Å². The highest BCUT2D eigenvalue weighted by Gasteiger charge is 2.27. The molecule has 3 heterocycles. The van der Waals surface area contributed by atoms with E-state index in [1.165, 1.54) is 40.7 Å². The molecule has 0 spiro atoms. The van der Waals surface area contributed by atoms with Crippen molar-refractivity contribution in [3.63, 3.8) is 0 Å². The second-order valence-corrected chi connectivity index (χ2v) is 7.69. The number of likely N-dealkylation sites (tertiary alicyclic amines) is 1. The van der Waals surface area contributed by atoms with Crippen molar-refractivity contribution in [2.45, 2.75) is 31.8 Å². The molecule has 0 saturated carbocycles. The average Bonchev–Trinajstić information content (AvgIpc) is 3.42. The Kier molecular flexibility index (Phi) is 4.21. The van der Waals surface area contributed by atoms with Crippen LogP contribution in [0.4, 0.5) is 0 Å². The van der Waals surface area contributed by atoms with Crippen molar-refractivity contribution in [1.29, 1.82) is 0 Å². The Morgan fingerprint density at radius 1 is 1.11 bits per heavy atom. The zero-order chi connectivity index (χ0) is 18.2. The first kappa shape index (κ1) is 16.6. The summed E-state index contributed by atoms with van der Waals surface area (Å²) in [5.41, 5.74) is 6.52. The van der Waals surface area contributed by atoms with E-state index < -0.39 is 0 Å². The Labute approximate surface area is 160 Å². The fraction of sp³-hybridized carbons (Fsp3) is 0.348. The molecule has 0 radical (unpaired) electrons. The third kappa shape index (κ3) is 3.26. The summed E-state index contributed by atoms with van der Waals surface area (Å²) in [6.07, 6.45) is 7.51. The number of hydrogen-bond donors (Lipinski definition) is 0. The van der Waals surface area contributed by atoms with Crippen LogP contribution in [-0.4, -0.2) is 27.8 Å². The van der Waals surface area contributed by atoms with Gasteiger partial charge in [0.25, 0.3) is 0 Å². The zero-order valence-corrected chi connectivity index (χ0v) is 15.8. The minimum absolute atomic E-state index is 0.498. The summed E-state index contributed by atoms with van der Waals surface area (Å²) in [5.74, 6) is 1.10. The van der Waals surface area contributed by atoms with Crippen molar-refractivity contribution in [3.8, 4) is 16.9 Å². The molecular formula is C23H25N3O. The molecule has 5 rings (SSSR count). The van der Waals surface area contributed by atoms with Gasteiger partial charge in [0, 0.05) is 37.8 Å². The van der Waals surface area contributed by atoms with Gasteiger partial charge in [-0.15, -0.1) is 0 Å². The van der Waals surface area contributed by atoms with Gasteiger partial charge in [-0.2, -0.15) is 5.10 Å². The van der Waals surface area contributed by atoms with E-state index in [0.717, 1.165) is 31.9 Å². The Morgan fingerprint density at radius 3 is 2.81 bits per heavy atom. The van der Waals surface area contributed by atoms with Crippen LogP contribution in [0.3, 0.4) is 0 Å². The predicted molar refractivity (Wildman–Crippen MR) is 107 cm³/mol. The van der Waals surface area contributed by atoms with Crippen molar-refractivity contribution in [3.05, 3.63) is 71.5 Å². The van der Waals surface area contributed by atoms with Crippen molar-refractivity contribution in [1.82, 2.24) is 14.7 Å². The van der Waals surface area contributed by atoms with Crippen LogP contribution in [0, 0.1) is 0 Å². The van der Waals surface area contributed by atoms with Crippen molar-refractivity contribution < 1.29 is 4.74 Å². The molecule has 4 nitrogen and oxygen atoms in total. The molecule has 138 valence electrons. The van der Waals surface area contributed by atoms with Crippen molar-refractivity contribution in [2.75, 3.05) is 13.2 Å². The van der Waals surface area contributed by atoms with Crippen LogP contribution >= 0.6 is 0 Å². The highest BCUT2D eigenvalue weighted by Crippen LogP contribution is 2.37. The van der Waals surface area contributed by atoms with Gasteiger partial charge in [0.15, 0.2) is 0 Å². The monoisotopic (exact) mass is 359 g/mol. The summed E-state index contributed by atoms with van der Waals surface area (Å²) < 4.78 is 7.63. The molecule has 1 aromatic heterocycles. The van der Waals surface area contributed by atoms with E-state index in [9.17, 15) is 0 Å². The summed E-state index contributed by atoms with van der Waals surface area (Å²) in [4.78, 5) is 2.61. The van der Waals surface area contributed by atoms with E-state index in [0.29, 0.717) is 6.04 Å². The average molecular weight is 359 g/mol. The number of benzene rings is 2. The predicted octanol–water partition coefficient (Wildman–Crippen LogP) is 4.36. The van der Waals surface area contributed by atoms with Gasteiger partial charge in [0.05, 0.1) is 12.8 Å². The molecule has 0 aliphatic carbocycles. The molecular weight excluding hydrogens is 334 g/mol. The van der Waals surface area contributed by atoms with E-state index in [2.05, 4.69) is 58.7 Å². The van der Waals surface area contributed by atoms with E-state index in [1.807, 2.05) is 17.9 Å². The number of aromatic nitrogens is 2. The Bertz CT molecular complexity index is 945. The molecule has 1 atom stereocenters. The van der Waals surface area contributed by atoms with Gasteiger partial charge < -0.3 is 4.74 Å². The van der Waals surface area contributed by atoms with Crippen LogP contribution in [0.1, 0.15) is 35.6 Å². The van der Waals surface area contributed by atoms with Gasteiger partial charge in [0.2, 0.25) is 0 Å². The quantitative estimate of drug-likeness (QED) is 0.693. The molecule has 0 amide bonds. The SMILES string of the molecule is Cn1cc(-c2ccc(CN3CCC[C@@H]3c3ccc4c(c3)OCC4)cc2)cn1. The molecule has 0 unspecified atom stereocenters. The first-order valence-electron chi connectivity index (χ1n) is 9.84. The van der Waals surface area contributed by atoms with Crippen LogP contribution in [0.25, 0.3) is 11.1 Å². The van der Waals surface area contributed by atoms with Crippen molar-refractivity contribution >= 4 is 0 Å². The lowest BCUT2D eigenvalue weighted by Gasteiger charge is -2.25. The summed E-state index contributed by atoms with van der Waals surface area (Å²) in [7, 11) is 1.95. The Balaban J connectivity index is 1.32. The fourth-order valence-corrected chi connectivity index (χ4v) is 4.39. The highest BCUT2D eigenvalue weighted by atomic mass is 16.5. The molecule has 4 heteroatoms. The van der Waals surface area contributed by atoms with Gasteiger partial charge in [0.1, 0.15) is 5.75 Å². The van der Waals surface area contributed by atoms with Gasteiger partial charge in [-0.1, -0.05) is 36.4 Å². The van der Waals surface area contributed by atoms with Crippen LogP contribution in [0.15, 0.2) is 54.9 Å². The molecule has 1 fully saturated rings. The fourth-order valence-electron chi connectivity index (χ4n) is 4.39. The van der Waals surface area contributed by atoms with Crippen LogP contribution in [-0.2, 0) is 20.0 Å². The molecule has 2 aliphatic heterocycles. The minimum atomic E-state index is 0.498.